The first kappa shape index (κ1) is 15.8. The van der Waals surface area contributed by atoms with Gasteiger partial charge in [-0.2, -0.15) is 0 Å². The smallest absolute Gasteiger partial charge is 0.132 e. The summed E-state index contributed by atoms with van der Waals surface area (Å²) in [7, 11) is 3.30. The Hall–Kier alpha value is -2.05. The summed E-state index contributed by atoms with van der Waals surface area (Å²) in [5.74, 6) is 2.34. The molecule has 1 aromatic carbocycles. The van der Waals surface area contributed by atoms with Crippen molar-refractivity contribution in [1.29, 1.82) is 0 Å². The summed E-state index contributed by atoms with van der Waals surface area (Å²) >= 11 is 3.29. The van der Waals surface area contributed by atoms with E-state index in [0.717, 1.165) is 38.5 Å². The fraction of sp³-hybridized carbons (Fsp3) is 0.176. The molecule has 2 heterocycles. The molecule has 0 aliphatic carbocycles. The van der Waals surface area contributed by atoms with E-state index in [0.29, 0.717) is 0 Å². The van der Waals surface area contributed by atoms with E-state index in [-0.39, 0.29) is 0 Å². The summed E-state index contributed by atoms with van der Waals surface area (Å²) in [6.45, 7) is 0. The Labute approximate surface area is 143 Å². The van der Waals surface area contributed by atoms with Gasteiger partial charge in [-0.25, -0.2) is 9.97 Å². The Morgan fingerprint density at radius 1 is 1.13 bits per heavy atom. The highest BCUT2D eigenvalue weighted by atomic mass is 32.2. The first-order chi connectivity index (χ1) is 11.3. The SMILES string of the molecule is COc1ccc(-c2nc(CSc3ccccn3)cs2)c(OC)c1. The number of nitrogens with zero attached hydrogens (tertiary/aromatic N) is 2. The summed E-state index contributed by atoms with van der Waals surface area (Å²) in [4.78, 5) is 9.02. The monoisotopic (exact) mass is 344 g/mol. The molecule has 0 saturated heterocycles. The normalized spacial score (nSPS) is 10.5. The van der Waals surface area contributed by atoms with Crippen LogP contribution in [0.25, 0.3) is 10.6 Å². The van der Waals surface area contributed by atoms with Crippen molar-refractivity contribution in [3.63, 3.8) is 0 Å². The third-order valence-electron chi connectivity index (χ3n) is 3.20. The molecule has 0 amide bonds. The van der Waals surface area contributed by atoms with E-state index in [1.807, 2.05) is 36.4 Å². The lowest BCUT2D eigenvalue weighted by molar-refractivity contribution is 0.395. The molecule has 3 rings (SSSR count). The highest BCUT2D eigenvalue weighted by Gasteiger charge is 2.12. The third-order valence-corrected chi connectivity index (χ3v) is 5.10. The van der Waals surface area contributed by atoms with Gasteiger partial charge >= 0.3 is 0 Å². The van der Waals surface area contributed by atoms with Gasteiger partial charge in [-0.05, 0) is 24.3 Å². The Balaban J connectivity index is 1.76. The van der Waals surface area contributed by atoms with Crippen LogP contribution in [-0.2, 0) is 5.75 Å². The molecule has 4 nitrogen and oxygen atoms in total. The van der Waals surface area contributed by atoms with E-state index in [1.165, 1.54) is 0 Å². The van der Waals surface area contributed by atoms with E-state index in [1.54, 1.807) is 43.5 Å². The average molecular weight is 344 g/mol. The van der Waals surface area contributed by atoms with Crippen molar-refractivity contribution in [3.05, 3.63) is 53.7 Å². The van der Waals surface area contributed by atoms with Crippen molar-refractivity contribution in [2.24, 2.45) is 0 Å². The van der Waals surface area contributed by atoms with E-state index in [2.05, 4.69) is 10.4 Å². The molecule has 3 aromatic rings. The molecular formula is C17H16N2O2S2. The van der Waals surface area contributed by atoms with Crippen LogP contribution in [0, 0.1) is 0 Å². The van der Waals surface area contributed by atoms with E-state index in [9.17, 15) is 0 Å². The number of methoxy groups -OCH3 is 2. The molecule has 0 aliphatic heterocycles. The van der Waals surface area contributed by atoms with Gasteiger partial charge in [-0.3, -0.25) is 0 Å². The Morgan fingerprint density at radius 3 is 2.78 bits per heavy atom. The van der Waals surface area contributed by atoms with Gasteiger partial charge in [0.25, 0.3) is 0 Å². The summed E-state index contributed by atoms with van der Waals surface area (Å²) in [6, 6.07) is 11.7. The first-order valence-electron chi connectivity index (χ1n) is 7.01. The van der Waals surface area contributed by atoms with Crippen LogP contribution in [0.5, 0.6) is 11.5 Å². The minimum atomic E-state index is 0.766. The zero-order chi connectivity index (χ0) is 16.1. The van der Waals surface area contributed by atoms with Crippen molar-refractivity contribution in [3.8, 4) is 22.1 Å². The molecule has 0 N–H and O–H groups in total. The van der Waals surface area contributed by atoms with E-state index >= 15 is 0 Å². The molecule has 0 unspecified atom stereocenters. The number of pyridine rings is 1. The molecule has 23 heavy (non-hydrogen) atoms. The van der Waals surface area contributed by atoms with Crippen LogP contribution < -0.4 is 9.47 Å². The maximum absolute atomic E-state index is 5.45. The number of ether oxygens (including phenoxy) is 2. The predicted octanol–water partition coefficient (Wildman–Crippen LogP) is 4.51. The molecule has 118 valence electrons. The lowest BCUT2D eigenvalue weighted by Crippen LogP contribution is -1.90. The Kier molecular flexibility index (Phi) is 5.15. The summed E-state index contributed by atoms with van der Waals surface area (Å²) in [5, 5.41) is 4.03. The summed E-state index contributed by atoms with van der Waals surface area (Å²) < 4.78 is 10.7. The first-order valence-corrected chi connectivity index (χ1v) is 8.87. The Morgan fingerprint density at radius 2 is 2.04 bits per heavy atom. The number of benzene rings is 1. The van der Waals surface area contributed by atoms with Gasteiger partial charge < -0.3 is 9.47 Å². The fourth-order valence-corrected chi connectivity index (χ4v) is 3.76. The minimum absolute atomic E-state index is 0.766. The van der Waals surface area contributed by atoms with Crippen molar-refractivity contribution in [2.45, 2.75) is 10.8 Å². The second kappa shape index (κ2) is 7.48. The zero-order valence-electron chi connectivity index (χ0n) is 12.9. The van der Waals surface area contributed by atoms with Crippen molar-refractivity contribution < 1.29 is 9.47 Å². The second-order valence-corrected chi connectivity index (χ2v) is 6.52. The van der Waals surface area contributed by atoms with Crippen LogP contribution in [0.3, 0.4) is 0 Å². The number of thioether (sulfide) groups is 1. The van der Waals surface area contributed by atoms with Crippen LogP contribution >= 0.6 is 23.1 Å². The molecule has 0 fully saturated rings. The predicted molar refractivity (Wildman–Crippen MR) is 94.5 cm³/mol. The Bertz CT molecular complexity index is 775. The zero-order valence-corrected chi connectivity index (χ0v) is 14.5. The number of aromatic nitrogens is 2. The van der Waals surface area contributed by atoms with Gasteiger partial charge in [0.2, 0.25) is 0 Å². The highest BCUT2D eigenvalue weighted by Crippen LogP contribution is 2.35. The van der Waals surface area contributed by atoms with Crippen LogP contribution in [0.4, 0.5) is 0 Å². The molecule has 6 heteroatoms. The number of thiazole rings is 1. The lowest BCUT2D eigenvalue weighted by atomic mass is 10.2. The number of rotatable bonds is 6. The van der Waals surface area contributed by atoms with Crippen LogP contribution in [-0.4, -0.2) is 24.2 Å². The third kappa shape index (κ3) is 3.83. The largest absolute Gasteiger partial charge is 0.497 e. The molecule has 0 aliphatic rings. The molecule has 0 saturated carbocycles. The van der Waals surface area contributed by atoms with Crippen molar-refractivity contribution in [2.75, 3.05) is 14.2 Å². The summed E-state index contributed by atoms with van der Waals surface area (Å²) in [6.07, 6.45) is 1.80. The second-order valence-electron chi connectivity index (χ2n) is 4.67. The van der Waals surface area contributed by atoms with Crippen molar-refractivity contribution in [1.82, 2.24) is 9.97 Å². The molecular weight excluding hydrogens is 328 g/mol. The van der Waals surface area contributed by atoms with Gasteiger partial charge in [0.05, 0.1) is 30.5 Å². The van der Waals surface area contributed by atoms with Gasteiger partial charge in [0, 0.05) is 23.4 Å². The topological polar surface area (TPSA) is 44.2 Å². The molecule has 2 aromatic heterocycles. The molecule has 0 spiro atoms. The van der Waals surface area contributed by atoms with E-state index < -0.39 is 0 Å². The standard InChI is InChI=1S/C17H16N2O2S2/c1-20-13-6-7-14(15(9-13)21-2)17-19-12(11-23-17)10-22-16-5-3-4-8-18-16/h3-9,11H,10H2,1-2H3. The fourth-order valence-electron chi connectivity index (χ4n) is 2.05. The van der Waals surface area contributed by atoms with Crippen LogP contribution in [0.15, 0.2) is 53.0 Å². The van der Waals surface area contributed by atoms with E-state index in [4.69, 9.17) is 14.5 Å². The maximum Gasteiger partial charge on any atom is 0.132 e. The van der Waals surface area contributed by atoms with Gasteiger partial charge in [0.1, 0.15) is 16.5 Å². The minimum Gasteiger partial charge on any atom is -0.497 e. The average Bonchev–Trinajstić information content (AvgIpc) is 3.09. The highest BCUT2D eigenvalue weighted by molar-refractivity contribution is 7.98. The lowest BCUT2D eigenvalue weighted by Gasteiger charge is -2.08. The molecule has 0 atom stereocenters. The van der Waals surface area contributed by atoms with Gasteiger partial charge in [0.15, 0.2) is 0 Å². The quantitative estimate of drug-likeness (QED) is 0.615. The number of hydrogen-bond acceptors (Lipinski definition) is 6. The summed E-state index contributed by atoms with van der Waals surface area (Å²) in [5.41, 5.74) is 2.02. The maximum atomic E-state index is 5.45. The van der Waals surface area contributed by atoms with Gasteiger partial charge in [-0.1, -0.05) is 6.07 Å². The van der Waals surface area contributed by atoms with Crippen molar-refractivity contribution >= 4 is 23.1 Å². The van der Waals surface area contributed by atoms with Crippen LogP contribution in [0.2, 0.25) is 0 Å². The number of hydrogen-bond donors (Lipinski definition) is 0. The molecule has 0 radical (unpaired) electrons. The van der Waals surface area contributed by atoms with Crippen LogP contribution in [0.1, 0.15) is 5.69 Å². The molecule has 0 bridgehead atoms. The van der Waals surface area contributed by atoms with Gasteiger partial charge in [-0.15, -0.1) is 23.1 Å².